The number of hydrogen-bond acceptors (Lipinski definition) is 3. The maximum atomic E-state index is 5.71. The van der Waals surface area contributed by atoms with Crippen molar-refractivity contribution in [2.45, 2.75) is 38.8 Å². The van der Waals surface area contributed by atoms with E-state index in [4.69, 9.17) is 5.73 Å². The zero-order chi connectivity index (χ0) is 11.4. The number of likely N-dealkylation sites (tertiary alicyclic amines) is 1. The standard InChI is InChI=1S/C12H22N4/c1-2-5-15-6-3-11(4-7-15)16-10-14-9-12(16)8-13/h9-11H,2-8,13H2,1H3. The van der Waals surface area contributed by atoms with Crippen LogP contribution in [0.5, 0.6) is 0 Å². The third kappa shape index (κ3) is 2.44. The van der Waals surface area contributed by atoms with Crippen LogP contribution in [0.4, 0.5) is 0 Å². The van der Waals surface area contributed by atoms with E-state index in [0.717, 1.165) is 5.69 Å². The van der Waals surface area contributed by atoms with Crippen LogP contribution in [0.3, 0.4) is 0 Å². The van der Waals surface area contributed by atoms with Gasteiger partial charge in [-0.2, -0.15) is 0 Å². The Hall–Kier alpha value is -0.870. The van der Waals surface area contributed by atoms with Crippen molar-refractivity contribution in [2.75, 3.05) is 19.6 Å². The number of nitrogens with two attached hydrogens (primary N) is 1. The van der Waals surface area contributed by atoms with Crippen molar-refractivity contribution in [3.63, 3.8) is 0 Å². The zero-order valence-corrected chi connectivity index (χ0v) is 10.1. The number of nitrogens with zero attached hydrogens (tertiary/aromatic N) is 3. The fourth-order valence-electron chi connectivity index (χ4n) is 2.56. The van der Waals surface area contributed by atoms with E-state index in [-0.39, 0.29) is 0 Å². The second kappa shape index (κ2) is 5.46. The van der Waals surface area contributed by atoms with Crippen LogP contribution in [-0.2, 0) is 6.54 Å². The summed E-state index contributed by atoms with van der Waals surface area (Å²) in [5.74, 6) is 0. The lowest BCUT2D eigenvalue weighted by molar-refractivity contribution is 0.185. The molecule has 4 heteroatoms. The molecule has 90 valence electrons. The van der Waals surface area contributed by atoms with Crippen LogP contribution in [0.2, 0.25) is 0 Å². The lowest BCUT2D eigenvalue weighted by atomic mass is 10.0. The molecule has 16 heavy (non-hydrogen) atoms. The van der Waals surface area contributed by atoms with Crippen LogP contribution in [0.15, 0.2) is 12.5 Å². The van der Waals surface area contributed by atoms with Gasteiger partial charge in [0.1, 0.15) is 0 Å². The summed E-state index contributed by atoms with van der Waals surface area (Å²) in [4.78, 5) is 6.74. The molecule has 2 heterocycles. The van der Waals surface area contributed by atoms with E-state index in [2.05, 4.69) is 21.4 Å². The Kier molecular flexibility index (Phi) is 3.96. The molecule has 1 aliphatic heterocycles. The van der Waals surface area contributed by atoms with E-state index in [9.17, 15) is 0 Å². The predicted molar refractivity (Wildman–Crippen MR) is 65.1 cm³/mol. The van der Waals surface area contributed by atoms with Gasteiger partial charge in [-0.3, -0.25) is 0 Å². The summed E-state index contributed by atoms with van der Waals surface area (Å²) in [5.41, 5.74) is 6.87. The molecule has 1 aromatic heterocycles. The molecule has 0 saturated carbocycles. The summed E-state index contributed by atoms with van der Waals surface area (Å²) in [6.45, 7) is 6.49. The molecule has 0 amide bonds. The van der Waals surface area contributed by atoms with Crippen molar-refractivity contribution in [3.05, 3.63) is 18.2 Å². The molecule has 1 saturated heterocycles. The highest BCUT2D eigenvalue weighted by Gasteiger charge is 2.20. The normalized spacial score (nSPS) is 19.1. The Morgan fingerprint density at radius 3 is 2.81 bits per heavy atom. The fourth-order valence-corrected chi connectivity index (χ4v) is 2.56. The molecule has 0 aromatic carbocycles. The maximum Gasteiger partial charge on any atom is 0.0951 e. The molecule has 2 N–H and O–H groups in total. The van der Waals surface area contributed by atoms with E-state index in [0.29, 0.717) is 12.6 Å². The van der Waals surface area contributed by atoms with E-state index in [1.807, 2.05) is 12.5 Å². The van der Waals surface area contributed by atoms with Crippen LogP contribution in [0.25, 0.3) is 0 Å². The second-order valence-electron chi connectivity index (χ2n) is 4.57. The van der Waals surface area contributed by atoms with Crippen molar-refractivity contribution in [2.24, 2.45) is 5.73 Å². The molecule has 4 nitrogen and oxygen atoms in total. The minimum absolute atomic E-state index is 0.592. The third-order valence-electron chi connectivity index (χ3n) is 3.45. The lowest BCUT2D eigenvalue weighted by Crippen LogP contribution is -2.35. The van der Waals surface area contributed by atoms with Crippen molar-refractivity contribution < 1.29 is 0 Å². The summed E-state index contributed by atoms with van der Waals surface area (Å²) in [7, 11) is 0. The van der Waals surface area contributed by atoms with Gasteiger partial charge in [0.25, 0.3) is 0 Å². The highest BCUT2D eigenvalue weighted by atomic mass is 15.2. The first kappa shape index (κ1) is 11.6. The van der Waals surface area contributed by atoms with Gasteiger partial charge in [-0.25, -0.2) is 4.98 Å². The van der Waals surface area contributed by atoms with Gasteiger partial charge in [0.15, 0.2) is 0 Å². The minimum Gasteiger partial charge on any atom is -0.330 e. The average Bonchev–Trinajstić information content (AvgIpc) is 2.78. The Labute approximate surface area is 97.4 Å². The largest absolute Gasteiger partial charge is 0.330 e. The van der Waals surface area contributed by atoms with Gasteiger partial charge in [-0.15, -0.1) is 0 Å². The van der Waals surface area contributed by atoms with E-state index in [1.54, 1.807) is 0 Å². The van der Waals surface area contributed by atoms with Crippen molar-refractivity contribution >= 4 is 0 Å². The van der Waals surface area contributed by atoms with Gasteiger partial charge in [0.05, 0.1) is 12.0 Å². The van der Waals surface area contributed by atoms with Crippen molar-refractivity contribution in [1.29, 1.82) is 0 Å². The topological polar surface area (TPSA) is 47.1 Å². The Morgan fingerprint density at radius 2 is 2.19 bits per heavy atom. The highest BCUT2D eigenvalue weighted by Crippen LogP contribution is 2.23. The maximum absolute atomic E-state index is 5.71. The van der Waals surface area contributed by atoms with Crippen LogP contribution in [-0.4, -0.2) is 34.1 Å². The summed E-state index contributed by atoms with van der Waals surface area (Å²) in [6, 6.07) is 0.606. The van der Waals surface area contributed by atoms with E-state index in [1.165, 1.54) is 38.9 Å². The highest BCUT2D eigenvalue weighted by molar-refractivity contribution is 5.00. The first-order valence-electron chi connectivity index (χ1n) is 6.28. The number of rotatable bonds is 4. The minimum atomic E-state index is 0.592. The number of imidazole rings is 1. The quantitative estimate of drug-likeness (QED) is 0.837. The molecule has 0 radical (unpaired) electrons. The molecular formula is C12H22N4. The smallest absolute Gasteiger partial charge is 0.0951 e. The molecule has 0 atom stereocenters. The lowest BCUT2D eigenvalue weighted by Gasteiger charge is -2.32. The second-order valence-corrected chi connectivity index (χ2v) is 4.57. The van der Waals surface area contributed by atoms with Gasteiger partial charge < -0.3 is 15.2 Å². The molecule has 1 fully saturated rings. The number of piperidine rings is 1. The van der Waals surface area contributed by atoms with E-state index >= 15 is 0 Å². The van der Waals surface area contributed by atoms with Gasteiger partial charge in [0.2, 0.25) is 0 Å². The van der Waals surface area contributed by atoms with Gasteiger partial charge in [-0.1, -0.05) is 6.92 Å². The molecule has 1 aromatic rings. The third-order valence-corrected chi connectivity index (χ3v) is 3.45. The monoisotopic (exact) mass is 222 g/mol. The van der Waals surface area contributed by atoms with Crippen LogP contribution in [0, 0.1) is 0 Å². The molecule has 1 aliphatic rings. The van der Waals surface area contributed by atoms with Gasteiger partial charge >= 0.3 is 0 Å². The SMILES string of the molecule is CCCN1CCC(n2cncc2CN)CC1. The van der Waals surface area contributed by atoms with Gasteiger partial charge in [-0.05, 0) is 25.8 Å². The van der Waals surface area contributed by atoms with Crippen LogP contribution in [0.1, 0.15) is 37.9 Å². The molecule has 2 rings (SSSR count). The zero-order valence-electron chi connectivity index (χ0n) is 10.1. The van der Waals surface area contributed by atoms with E-state index < -0.39 is 0 Å². The molecule has 0 spiro atoms. The predicted octanol–water partition coefficient (Wildman–Crippen LogP) is 1.39. The fraction of sp³-hybridized carbons (Fsp3) is 0.750. The summed E-state index contributed by atoms with van der Waals surface area (Å²) >= 11 is 0. The summed E-state index contributed by atoms with van der Waals surface area (Å²) < 4.78 is 2.27. The first-order valence-corrected chi connectivity index (χ1v) is 6.28. The summed E-state index contributed by atoms with van der Waals surface area (Å²) in [5, 5.41) is 0. The summed E-state index contributed by atoms with van der Waals surface area (Å²) in [6.07, 6.45) is 7.53. The van der Waals surface area contributed by atoms with Crippen molar-refractivity contribution in [3.8, 4) is 0 Å². The molecule has 0 aliphatic carbocycles. The molecule has 0 bridgehead atoms. The average molecular weight is 222 g/mol. The van der Waals surface area contributed by atoms with Gasteiger partial charge in [0, 0.05) is 31.9 Å². The Balaban J connectivity index is 1.93. The Morgan fingerprint density at radius 1 is 1.44 bits per heavy atom. The Bertz CT molecular complexity index is 313. The first-order chi connectivity index (χ1) is 7.85. The number of aromatic nitrogens is 2. The van der Waals surface area contributed by atoms with Crippen LogP contribution >= 0.6 is 0 Å². The van der Waals surface area contributed by atoms with Crippen LogP contribution < -0.4 is 5.73 Å². The molecular weight excluding hydrogens is 200 g/mol. The number of hydrogen-bond donors (Lipinski definition) is 1. The molecule has 0 unspecified atom stereocenters. The van der Waals surface area contributed by atoms with Crippen molar-refractivity contribution in [1.82, 2.24) is 14.5 Å².